The van der Waals surface area contributed by atoms with Gasteiger partial charge in [-0.2, -0.15) is 0 Å². The zero-order chi connectivity index (χ0) is 17.0. The van der Waals surface area contributed by atoms with Gasteiger partial charge in [-0.15, -0.1) is 0 Å². The monoisotopic (exact) mass is 344 g/mol. The molecule has 8 nitrogen and oxygen atoms in total. The molecule has 2 rings (SSSR count). The number of carbonyl (C=O) groups is 2. The molecule has 126 valence electrons. The Labute approximate surface area is 137 Å². The summed E-state index contributed by atoms with van der Waals surface area (Å²) in [5.74, 6) is -0.488. The van der Waals surface area contributed by atoms with Crippen LogP contribution in [0.5, 0.6) is 11.5 Å². The number of fused-ring (bicyclic) bond motifs is 1. The predicted octanol–water partition coefficient (Wildman–Crippen LogP) is 1.46. The topological polar surface area (TPSA) is 117 Å². The van der Waals surface area contributed by atoms with Gasteiger partial charge in [0, 0.05) is 18.6 Å². The first-order valence-electron chi connectivity index (χ1n) is 6.89. The molecule has 1 aromatic rings. The first-order chi connectivity index (χ1) is 10.8. The molecule has 0 bridgehead atoms. The number of amides is 2. The van der Waals surface area contributed by atoms with Crippen LogP contribution in [-0.4, -0.2) is 47.6 Å². The maximum absolute atomic E-state index is 11.8. The molecule has 1 aromatic carbocycles. The second-order valence-corrected chi connectivity index (χ2v) is 5.62. The number of benzene rings is 1. The van der Waals surface area contributed by atoms with Crippen molar-refractivity contribution in [2.75, 3.05) is 25.1 Å². The smallest absolute Gasteiger partial charge is 0.337 e. The first kappa shape index (κ1) is 17.2. The van der Waals surface area contributed by atoms with Crippen LogP contribution in [0.15, 0.2) is 12.1 Å². The summed E-state index contributed by atoms with van der Waals surface area (Å²) in [6.07, 6.45) is 0.736. The molecule has 0 saturated carbocycles. The summed E-state index contributed by atoms with van der Waals surface area (Å²) in [6, 6.07) is 2.35. The van der Waals surface area contributed by atoms with Crippen LogP contribution in [0, 0.1) is 0 Å². The van der Waals surface area contributed by atoms with Gasteiger partial charge in [-0.1, -0.05) is 11.6 Å². The fraction of sp³-hybridized carbons (Fsp3) is 0.429. The van der Waals surface area contributed by atoms with E-state index >= 15 is 0 Å². The third-order valence-corrected chi connectivity index (χ3v) is 3.45. The van der Waals surface area contributed by atoms with Gasteiger partial charge in [0.05, 0.1) is 30.5 Å². The van der Waals surface area contributed by atoms with Crippen molar-refractivity contribution >= 4 is 29.3 Å². The Bertz CT molecular complexity index is 620. The number of carboxylic acid groups (broad SMARTS) is 1. The van der Waals surface area contributed by atoms with Crippen molar-refractivity contribution in [3.8, 4) is 11.5 Å². The average molecular weight is 345 g/mol. The van der Waals surface area contributed by atoms with Crippen LogP contribution in [0.1, 0.15) is 13.3 Å². The summed E-state index contributed by atoms with van der Waals surface area (Å²) in [5, 5.41) is 23.3. The number of carbonyl (C=O) groups excluding carboxylic acids is 1. The normalized spacial score (nSPS) is 16.0. The second-order valence-electron chi connectivity index (χ2n) is 5.22. The molecule has 4 N–H and O–H groups in total. The van der Waals surface area contributed by atoms with Crippen molar-refractivity contribution in [2.24, 2.45) is 0 Å². The van der Waals surface area contributed by atoms with Crippen molar-refractivity contribution in [3.63, 3.8) is 0 Å². The zero-order valence-electron chi connectivity index (χ0n) is 12.4. The third-order valence-electron chi connectivity index (χ3n) is 3.14. The zero-order valence-corrected chi connectivity index (χ0v) is 13.1. The number of urea groups is 1. The van der Waals surface area contributed by atoms with E-state index in [1.807, 2.05) is 0 Å². The molecule has 23 heavy (non-hydrogen) atoms. The largest absolute Gasteiger partial charge is 0.490 e. The molecule has 0 spiro atoms. The molecule has 1 atom stereocenters. The van der Waals surface area contributed by atoms with Gasteiger partial charge in [0.15, 0.2) is 17.1 Å². The molecular weight excluding hydrogens is 328 g/mol. The van der Waals surface area contributed by atoms with Gasteiger partial charge in [0.1, 0.15) is 0 Å². The average Bonchev–Trinajstić information content (AvgIpc) is 2.70. The lowest BCUT2D eigenvalue weighted by Crippen LogP contribution is -2.47. The summed E-state index contributed by atoms with van der Waals surface area (Å²) in [5.41, 5.74) is -1.78. The highest BCUT2D eigenvalue weighted by Gasteiger charge is 2.30. The fourth-order valence-electron chi connectivity index (χ4n) is 1.77. The quantitative estimate of drug-likeness (QED) is 0.657. The predicted molar refractivity (Wildman–Crippen MR) is 82.3 cm³/mol. The summed E-state index contributed by atoms with van der Waals surface area (Å²) in [6.45, 7) is 1.62. The van der Waals surface area contributed by atoms with Crippen molar-refractivity contribution < 1.29 is 29.3 Å². The lowest BCUT2D eigenvalue weighted by Gasteiger charge is -2.19. The standard InChI is InChI=1S/C14H17ClN2O6/c1-14(21,12(18)19)7-16-13(20)17-9-6-11-10(5-8(9)15)22-3-2-4-23-11/h5-6,21H,2-4,7H2,1H3,(H,18,19)(H2,16,17,20). The van der Waals surface area contributed by atoms with Crippen LogP contribution in [-0.2, 0) is 4.79 Å². The van der Waals surface area contributed by atoms with Gasteiger partial charge >= 0.3 is 12.0 Å². The number of hydrogen-bond acceptors (Lipinski definition) is 5. The van der Waals surface area contributed by atoms with E-state index in [-0.39, 0.29) is 10.7 Å². The Hall–Kier alpha value is -2.19. The number of carboxylic acids is 1. The molecule has 1 aliphatic rings. The third kappa shape index (κ3) is 4.40. The van der Waals surface area contributed by atoms with Crippen LogP contribution in [0.25, 0.3) is 0 Å². The van der Waals surface area contributed by atoms with E-state index in [2.05, 4.69) is 10.6 Å². The van der Waals surface area contributed by atoms with Gasteiger partial charge in [-0.3, -0.25) is 0 Å². The number of anilines is 1. The van der Waals surface area contributed by atoms with E-state index in [4.69, 9.17) is 26.2 Å². The lowest BCUT2D eigenvalue weighted by atomic mass is 10.1. The maximum atomic E-state index is 11.8. The summed E-state index contributed by atoms with van der Waals surface area (Å²) in [4.78, 5) is 22.6. The van der Waals surface area contributed by atoms with Gasteiger partial charge in [0.2, 0.25) is 0 Å². The van der Waals surface area contributed by atoms with Gasteiger partial charge in [-0.05, 0) is 6.92 Å². The molecule has 1 heterocycles. The Morgan fingerprint density at radius 1 is 1.30 bits per heavy atom. The number of rotatable bonds is 4. The van der Waals surface area contributed by atoms with Crippen LogP contribution < -0.4 is 20.1 Å². The molecule has 0 saturated heterocycles. The highest BCUT2D eigenvalue weighted by Crippen LogP contribution is 2.37. The highest BCUT2D eigenvalue weighted by atomic mass is 35.5. The van der Waals surface area contributed by atoms with Crippen LogP contribution in [0.4, 0.5) is 10.5 Å². The number of aliphatic hydroxyl groups is 1. The van der Waals surface area contributed by atoms with Crippen molar-refractivity contribution in [2.45, 2.75) is 18.9 Å². The van der Waals surface area contributed by atoms with E-state index in [1.165, 1.54) is 12.1 Å². The Balaban J connectivity index is 2.04. The molecule has 0 radical (unpaired) electrons. The molecule has 0 aliphatic carbocycles. The van der Waals surface area contributed by atoms with Gasteiger partial charge in [-0.25, -0.2) is 9.59 Å². The first-order valence-corrected chi connectivity index (χ1v) is 7.27. The number of ether oxygens (including phenoxy) is 2. The minimum Gasteiger partial charge on any atom is -0.490 e. The Morgan fingerprint density at radius 2 is 1.91 bits per heavy atom. The Kier molecular flexibility index (Phi) is 5.17. The van der Waals surface area contributed by atoms with Crippen LogP contribution >= 0.6 is 11.6 Å². The minimum absolute atomic E-state index is 0.245. The van der Waals surface area contributed by atoms with Crippen LogP contribution in [0.2, 0.25) is 5.02 Å². The molecule has 2 amide bonds. The number of nitrogens with one attached hydrogen (secondary N) is 2. The van der Waals surface area contributed by atoms with Crippen LogP contribution in [0.3, 0.4) is 0 Å². The number of hydrogen-bond donors (Lipinski definition) is 4. The van der Waals surface area contributed by atoms with Crippen molar-refractivity contribution in [1.29, 1.82) is 0 Å². The summed E-state index contributed by atoms with van der Waals surface area (Å²) < 4.78 is 11.0. The molecule has 0 aromatic heterocycles. The number of aliphatic carboxylic acids is 1. The molecular formula is C14H17ClN2O6. The van der Waals surface area contributed by atoms with E-state index in [1.54, 1.807) is 0 Å². The second kappa shape index (κ2) is 6.93. The van der Waals surface area contributed by atoms with Crippen molar-refractivity contribution in [3.05, 3.63) is 17.2 Å². The highest BCUT2D eigenvalue weighted by molar-refractivity contribution is 6.34. The molecule has 0 fully saturated rings. The van der Waals surface area contributed by atoms with E-state index < -0.39 is 24.1 Å². The summed E-state index contributed by atoms with van der Waals surface area (Å²) >= 11 is 6.08. The molecule has 1 unspecified atom stereocenters. The SMILES string of the molecule is CC(O)(CNC(=O)Nc1cc2c(cc1Cl)OCCCO2)C(=O)O. The van der Waals surface area contributed by atoms with E-state index in [0.717, 1.165) is 13.3 Å². The molecule has 9 heteroatoms. The number of halogens is 1. The maximum Gasteiger partial charge on any atom is 0.337 e. The Morgan fingerprint density at radius 3 is 2.52 bits per heavy atom. The van der Waals surface area contributed by atoms with E-state index in [9.17, 15) is 14.7 Å². The van der Waals surface area contributed by atoms with E-state index in [0.29, 0.717) is 24.7 Å². The minimum atomic E-state index is -2.06. The lowest BCUT2D eigenvalue weighted by molar-refractivity contribution is -0.155. The van der Waals surface area contributed by atoms with Gasteiger partial charge < -0.3 is 30.3 Å². The summed E-state index contributed by atoms with van der Waals surface area (Å²) in [7, 11) is 0. The fourth-order valence-corrected chi connectivity index (χ4v) is 1.98. The molecule has 1 aliphatic heterocycles. The van der Waals surface area contributed by atoms with Crippen molar-refractivity contribution in [1.82, 2.24) is 5.32 Å². The van der Waals surface area contributed by atoms with Gasteiger partial charge in [0.25, 0.3) is 0 Å².